The van der Waals surface area contributed by atoms with Crippen LogP contribution in [0.1, 0.15) is 39.2 Å². The minimum absolute atomic E-state index is 0.0578. The summed E-state index contributed by atoms with van der Waals surface area (Å²) in [5, 5.41) is 5.15. The normalized spacial score (nSPS) is 18.3. The molecular formula is C17H25N3O2. The van der Waals surface area contributed by atoms with Gasteiger partial charge in [0.2, 0.25) is 5.91 Å². The molecule has 1 aromatic rings. The first-order chi connectivity index (χ1) is 10.5. The number of benzene rings is 1. The third kappa shape index (κ3) is 4.00. The second-order valence-corrected chi connectivity index (χ2v) is 5.98. The van der Waals surface area contributed by atoms with Gasteiger partial charge in [0.1, 0.15) is 0 Å². The van der Waals surface area contributed by atoms with E-state index >= 15 is 0 Å². The Kier molecular flexibility index (Phi) is 5.41. The lowest BCUT2D eigenvalue weighted by Gasteiger charge is -2.36. The van der Waals surface area contributed by atoms with E-state index < -0.39 is 6.03 Å². The van der Waals surface area contributed by atoms with E-state index in [0.29, 0.717) is 6.04 Å². The molecule has 2 rings (SSSR count). The van der Waals surface area contributed by atoms with Crippen LogP contribution in [0.5, 0.6) is 0 Å². The average Bonchev–Trinajstić information content (AvgIpc) is 2.49. The van der Waals surface area contributed by atoms with Crippen molar-refractivity contribution < 1.29 is 9.59 Å². The van der Waals surface area contributed by atoms with Crippen LogP contribution in [0.25, 0.3) is 0 Å². The Labute approximate surface area is 132 Å². The van der Waals surface area contributed by atoms with Crippen LogP contribution in [0.15, 0.2) is 24.3 Å². The average molecular weight is 303 g/mol. The van der Waals surface area contributed by atoms with E-state index in [1.54, 1.807) is 0 Å². The van der Waals surface area contributed by atoms with E-state index in [2.05, 4.69) is 28.5 Å². The fourth-order valence-corrected chi connectivity index (χ4v) is 2.68. The molecule has 0 aromatic heterocycles. The number of amides is 3. The Morgan fingerprint density at radius 3 is 2.82 bits per heavy atom. The number of imide groups is 1. The molecular weight excluding hydrogens is 278 g/mol. The van der Waals surface area contributed by atoms with Gasteiger partial charge in [-0.3, -0.25) is 10.1 Å². The maximum absolute atomic E-state index is 12.1. The summed E-state index contributed by atoms with van der Waals surface area (Å²) >= 11 is 0. The molecule has 2 N–H and O–H groups in total. The third-order valence-corrected chi connectivity index (χ3v) is 4.22. The van der Waals surface area contributed by atoms with Gasteiger partial charge in [0, 0.05) is 17.8 Å². The SMILES string of the molecule is CC[C@H](C)NC(=O)NC(=O)CN1c2ccccc2CC[C@@H]1C. The molecule has 0 fully saturated rings. The Morgan fingerprint density at radius 2 is 2.09 bits per heavy atom. The number of hydrogen-bond acceptors (Lipinski definition) is 3. The van der Waals surface area contributed by atoms with Gasteiger partial charge in [0.15, 0.2) is 0 Å². The van der Waals surface area contributed by atoms with Crippen molar-refractivity contribution in [2.24, 2.45) is 0 Å². The zero-order chi connectivity index (χ0) is 16.1. The number of nitrogens with one attached hydrogen (secondary N) is 2. The topological polar surface area (TPSA) is 61.4 Å². The van der Waals surface area contributed by atoms with Crippen LogP contribution >= 0.6 is 0 Å². The van der Waals surface area contributed by atoms with E-state index in [0.717, 1.165) is 24.9 Å². The van der Waals surface area contributed by atoms with Crippen LogP contribution in [0, 0.1) is 0 Å². The number of rotatable bonds is 4. The number of hydrogen-bond donors (Lipinski definition) is 2. The predicted molar refractivity (Wildman–Crippen MR) is 88.0 cm³/mol. The minimum Gasteiger partial charge on any atom is -0.359 e. The molecule has 5 heteroatoms. The number of urea groups is 1. The van der Waals surface area contributed by atoms with Crippen molar-refractivity contribution >= 4 is 17.6 Å². The number of anilines is 1. The first-order valence-corrected chi connectivity index (χ1v) is 7.96. The van der Waals surface area contributed by atoms with Crippen molar-refractivity contribution in [2.75, 3.05) is 11.4 Å². The van der Waals surface area contributed by atoms with Gasteiger partial charge in [0.25, 0.3) is 0 Å². The molecule has 0 aliphatic carbocycles. The first-order valence-electron chi connectivity index (χ1n) is 7.96. The number of carbonyl (C=O) groups excluding carboxylic acids is 2. The van der Waals surface area contributed by atoms with Gasteiger partial charge in [-0.2, -0.15) is 0 Å². The molecule has 1 aliphatic rings. The molecule has 120 valence electrons. The molecule has 0 radical (unpaired) electrons. The van der Waals surface area contributed by atoms with Gasteiger partial charge in [-0.1, -0.05) is 25.1 Å². The lowest BCUT2D eigenvalue weighted by Crippen LogP contribution is -2.49. The van der Waals surface area contributed by atoms with Gasteiger partial charge < -0.3 is 10.2 Å². The highest BCUT2D eigenvalue weighted by atomic mass is 16.2. The Balaban J connectivity index is 1.98. The monoisotopic (exact) mass is 303 g/mol. The summed E-state index contributed by atoms with van der Waals surface area (Å²) in [6.07, 6.45) is 2.88. The van der Waals surface area contributed by atoms with Crippen LogP contribution in [0.3, 0.4) is 0 Å². The van der Waals surface area contributed by atoms with Crippen molar-refractivity contribution in [3.63, 3.8) is 0 Å². The van der Waals surface area contributed by atoms with Crippen LogP contribution < -0.4 is 15.5 Å². The highest BCUT2D eigenvalue weighted by molar-refractivity contribution is 5.96. The van der Waals surface area contributed by atoms with Gasteiger partial charge in [-0.15, -0.1) is 0 Å². The Hall–Kier alpha value is -2.04. The van der Waals surface area contributed by atoms with Crippen LogP contribution in [0.4, 0.5) is 10.5 Å². The van der Waals surface area contributed by atoms with E-state index in [4.69, 9.17) is 0 Å². The molecule has 0 bridgehead atoms. The summed E-state index contributed by atoms with van der Waals surface area (Å²) in [6.45, 7) is 6.21. The molecule has 1 aromatic carbocycles. The van der Waals surface area contributed by atoms with Crippen molar-refractivity contribution in [2.45, 2.75) is 52.1 Å². The molecule has 2 atom stereocenters. The second-order valence-electron chi connectivity index (χ2n) is 5.98. The summed E-state index contributed by atoms with van der Waals surface area (Å²) < 4.78 is 0. The van der Waals surface area contributed by atoms with Crippen LogP contribution in [0.2, 0.25) is 0 Å². The zero-order valence-electron chi connectivity index (χ0n) is 13.6. The van der Waals surface area contributed by atoms with Crippen LogP contribution in [-0.4, -0.2) is 30.6 Å². The lowest BCUT2D eigenvalue weighted by atomic mass is 9.97. The van der Waals surface area contributed by atoms with Gasteiger partial charge >= 0.3 is 6.03 Å². The second kappa shape index (κ2) is 7.29. The Morgan fingerprint density at radius 1 is 1.36 bits per heavy atom. The smallest absolute Gasteiger partial charge is 0.321 e. The van der Waals surface area contributed by atoms with E-state index in [-0.39, 0.29) is 18.5 Å². The van der Waals surface area contributed by atoms with Crippen molar-refractivity contribution in [3.8, 4) is 0 Å². The van der Waals surface area contributed by atoms with Crippen molar-refractivity contribution in [1.82, 2.24) is 10.6 Å². The first kappa shape index (κ1) is 16.3. The number of para-hydroxylation sites is 1. The summed E-state index contributed by atoms with van der Waals surface area (Å²) in [6, 6.07) is 8.07. The van der Waals surface area contributed by atoms with E-state index in [9.17, 15) is 9.59 Å². The molecule has 5 nitrogen and oxygen atoms in total. The van der Waals surface area contributed by atoms with Gasteiger partial charge in [-0.25, -0.2) is 4.79 Å². The fourth-order valence-electron chi connectivity index (χ4n) is 2.68. The third-order valence-electron chi connectivity index (χ3n) is 4.22. The summed E-state index contributed by atoms with van der Waals surface area (Å²) in [7, 11) is 0. The quantitative estimate of drug-likeness (QED) is 0.898. The molecule has 0 saturated carbocycles. The maximum atomic E-state index is 12.1. The molecule has 1 aliphatic heterocycles. The highest BCUT2D eigenvalue weighted by Crippen LogP contribution is 2.29. The maximum Gasteiger partial charge on any atom is 0.321 e. The van der Waals surface area contributed by atoms with Gasteiger partial charge in [-0.05, 0) is 44.7 Å². The molecule has 1 heterocycles. The number of aryl methyl sites for hydroxylation is 1. The lowest BCUT2D eigenvalue weighted by molar-refractivity contribution is -0.118. The van der Waals surface area contributed by atoms with Gasteiger partial charge in [0.05, 0.1) is 6.54 Å². The molecule has 0 unspecified atom stereocenters. The summed E-state index contributed by atoms with van der Waals surface area (Å²) in [4.78, 5) is 25.9. The van der Waals surface area contributed by atoms with E-state index in [1.165, 1.54) is 5.56 Å². The predicted octanol–water partition coefficient (Wildman–Crippen LogP) is 2.45. The summed E-state index contributed by atoms with van der Waals surface area (Å²) in [5.41, 5.74) is 2.36. The largest absolute Gasteiger partial charge is 0.359 e. The number of fused-ring (bicyclic) bond motifs is 1. The highest BCUT2D eigenvalue weighted by Gasteiger charge is 2.25. The van der Waals surface area contributed by atoms with Crippen molar-refractivity contribution in [3.05, 3.63) is 29.8 Å². The van der Waals surface area contributed by atoms with Crippen molar-refractivity contribution in [1.29, 1.82) is 0 Å². The number of carbonyl (C=O) groups is 2. The minimum atomic E-state index is -0.419. The Bertz CT molecular complexity index is 544. The molecule has 3 amide bonds. The fraction of sp³-hybridized carbons (Fsp3) is 0.529. The molecule has 22 heavy (non-hydrogen) atoms. The summed E-state index contributed by atoms with van der Waals surface area (Å²) in [5.74, 6) is -0.274. The van der Waals surface area contributed by atoms with Crippen LogP contribution in [-0.2, 0) is 11.2 Å². The molecule has 0 saturated heterocycles. The standard InChI is InChI=1S/C17H25N3O2/c1-4-12(2)18-17(22)19-16(21)11-20-13(3)9-10-14-7-5-6-8-15(14)20/h5-8,12-13H,4,9-11H2,1-3H3,(H2,18,19,21,22)/t12-,13-/m0/s1. The zero-order valence-corrected chi connectivity index (χ0v) is 13.6. The van der Waals surface area contributed by atoms with E-state index in [1.807, 2.05) is 32.0 Å². The number of nitrogens with zero attached hydrogens (tertiary/aromatic N) is 1. The molecule has 0 spiro atoms.